The molecule has 0 amide bonds. The molecule has 8 rings (SSSR count). The maximum atomic E-state index is 5.74. The molecule has 0 radical (unpaired) electrons. The van der Waals surface area contributed by atoms with Crippen LogP contribution in [0.3, 0.4) is 0 Å². The van der Waals surface area contributed by atoms with Crippen molar-refractivity contribution in [1.82, 2.24) is 0 Å². The van der Waals surface area contributed by atoms with Gasteiger partial charge in [0.05, 0.1) is 24.6 Å². The number of benzene rings is 8. The average Bonchev–Trinajstić information content (AvgIpc) is 3.22. The van der Waals surface area contributed by atoms with Crippen LogP contribution in [0.1, 0.15) is 5.56 Å². The Bertz CT molecular complexity index is 2420. The fraction of sp³-hybridized carbons (Fsp3) is 0.0612. The zero-order valence-electron chi connectivity index (χ0n) is 29.1. The first-order valence-corrected chi connectivity index (χ1v) is 17.9. The second-order valence-corrected chi connectivity index (χ2v) is 12.8. The topological polar surface area (TPSA) is 15.7 Å². The van der Waals surface area contributed by atoms with E-state index in [9.17, 15) is 0 Å². The lowest BCUT2D eigenvalue weighted by Crippen LogP contribution is -2.11. The van der Waals surface area contributed by atoms with Crippen molar-refractivity contribution >= 4 is 55.7 Å². The van der Waals surface area contributed by atoms with Crippen LogP contribution in [0.15, 0.2) is 201 Å². The lowest BCUT2D eigenvalue weighted by Gasteiger charge is -2.28. The van der Waals surface area contributed by atoms with Crippen molar-refractivity contribution in [2.24, 2.45) is 0 Å². The Labute approximate surface area is 306 Å². The summed E-state index contributed by atoms with van der Waals surface area (Å²) in [5, 5.41) is 4.89. The van der Waals surface area contributed by atoms with Gasteiger partial charge in [-0.15, -0.1) is 6.58 Å². The monoisotopic (exact) mass is 672 g/mol. The number of nitrogens with zero attached hydrogens (tertiary/aromatic N) is 2. The van der Waals surface area contributed by atoms with E-state index in [1.165, 1.54) is 38.2 Å². The number of rotatable bonds is 12. The Morgan fingerprint density at radius 2 is 0.904 bits per heavy atom. The molecule has 252 valence electrons. The van der Waals surface area contributed by atoms with Crippen molar-refractivity contribution in [3.8, 4) is 11.1 Å². The van der Waals surface area contributed by atoms with Gasteiger partial charge < -0.3 is 14.5 Å². The van der Waals surface area contributed by atoms with Crippen molar-refractivity contribution in [1.29, 1.82) is 0 Å². The molecule has 0 atom stereocenters. The average molecular weight is 673 g/mol. The van der Waals surface area contributed by atoms with Crippen LogP contribution in [-0.4, -0.2) is 13.2 Å². The summed E-state index contributed by atoms with van der Waals surface area (Å²) in [6.07, 6.45) is 2.64. The highest BCUT2D eigenvalue weighted by Gasteiger charge is 2.18. The van der Waals surface area contributed by atoms with Gasteiger partial charge in [0.15, 0.2) is 0 Å². The first-order chi connectivity index (χ1) is 25.8. The minimum Gasteiger partial charge on any atom is -0.377 e. The molecule has 8 aromatic rings. The third kappa shape index (κ3) is 6.70. The summed E-state index contributed by atoms with van der Waals surface area (Å²) < 4.78 is 5.74. The predicted octanol–water partition coefficient (Wildman–Crippen LogP) is 13.3. The maximum Gasteiger partial charge on any atom is 0.0644 e. The minimum atomic E-state index is 0.565. The fourth-order valence-electron chi connectivity index (χ4n) is 7.13. The van der Waals surface area contributed by atoms with Gasteiger partial charge in [-0.3, -0.25) is 0 Å². The smallest absolute Gasteiger partial charge is 0.0644 e. The van der Waals surface area contributed by atoms with Crippen molar-refractivity contribution < 1.29 is 4.74 Å². The Balaban J connectivity index is 1.13. The summed E-state index contributed by atoms with van der Waals surface area (Å²) in [5.41, 5.74) is 10.4. The highest BCUT2D eigenvalue weighted by molar-refractivity contribution is 6.01. The van der Waals surface area contributed by atoms with Crippen LogP contribution in [0.25, 0.3) is 32.7 Å². The first kappa shape index (κ1) is 32.8. The van der Waals surface area contributed by atoms with Gasteiger partial charge in [0.2, 0.25) is 0 Å². The normalized spacial score (nSPS) is 11.1. The van der Waals surface area contributed by atoms with Gasteiger partial charge in [0.1, 0.15) is 0 Å². The van der Waals surface area contributed by atoms with Gasteiger partial charge in [-0.05, 0) is 94.5 Å². The van der Waals surface area contributed by atoms with Crippen LogP contribution >= 0.6 is 0 Å². The summed E-state index contributed by atoms with van der Waals surface area (Å²) in [5.74, 6) is 0. The third-order valence-electron chi connectivity index (χ3n) is 9.60. The third-order valence-corrected chi connectivity index (χ3v) is 9.60. The van der Waals surface area contributed by atoms with Crippen LogP contribution < -0.4 is 9.80 Å². The molecule has 0 bridgehead atoms. The molecule has 0 aromatic heterocycles. The fourth-order valence-corrected chi connectivity index (χ4v) is 7.13. The highest BCUT2D eigenvalue weighted by Crippen LogP contribution is 2.42. The predicted molar refractivity (Wildman–Crippen MR) is 221 cm³/mol. The van der Waals surface area contributed by atoms with E-state index >= 15 is 0 Å². The van der Waals surface area contributed by atoms with Gasteiger partial charge >= 0.3 is 0 Å². The minimum absolute atomic E-state index is 0.565. The molecule has 0 aliphatic heterocycles. The van der Waals surface area contributed by atoms with E-state index in [1.54, 1.807) is 6.08 Å². The van der Waals surface area contributed by atoms with Crippen LogP contribution in [0.4, 0.5) is 34.1 Å². The summed E-state index contributed by atoms with van der Waals surface area (Å²) in [4.78, 5) is 4.70. The lowest BCUT2D eigenvalue weighted by molar-refractivity contribution is 0.166. The molecule has 0 fully saturated rings. The van der Waals surface area contributed by atoms with Gasteiger partial charge in [-0.1, -0.05) is 133 Å². The molecule has 0 aliphatic rings. The second kappa shape index (κ2) is 15.2. The number of fused-ring (bicyclic) bond motifs is 2. The lowest BCUT2D eigenvalue weighted by atomic mass is 9.99. The largest absolute Gasteiger partial charge is 0.377 e. The Hall–Kier alpha value is -6.42. The van der Waals surface area contributed by atoms with Crippen LogP contribution in [0, 0.1) is 0 Å². The molecule has 0 aliphatic carbocycles. The number of anilines is 6. The second-order valence-electron chi connectivity index (χ2n) is 12.8. The Kier molecular flexibility index (Phi) is 9.59. The summed E-state index contributed by atoms with van der Waals surface area (Å²) in [7, 11) is 0. The number of hydrogen-bond donors (Lipinski definition) is 0. The molecule has 0 spiro atoms. The van der Waals surface area contributed by atoms with Crippen LogP contribution in [0.5, 0.6) is 0 Å². The first-order valence-electron chi connectivity index (χ1n) is 17.9. The van der Waals surface area contributed by atoms with Gasteiger partial charge in [-0.2, -0.15) is 0 Å². The quantitative estimate of drug-likeness (QED) is 0.0949. The zero-order valence-corrected chi connectivity index (χ0v) is 29.1. The maximum absolute atomic E-state index is 5.74. The van der Waals surface area contributed by atoms with E-state index in [2.05, 4.69) is 204 Å². The Morgan fingerprint density at radius 3 is 1.50 bits per heavy atom. The Morgan fingerprint density at radius 1 is 0.423 bits per heavy atom. The van der Waals surface area contributed by atoms with Gasteiger partial charge in [-0.25, -0.2) is 0 Å². The molecule has 0 saturated carbocycles. The molecule has 3 nitrogen and oxygen atoms in total. The summed E-state index contributed by atoms with van der Waals surface area (Å²) in [6, 6.07) is 67.3. The van der Waals surface area contributed by atoms with E-state index in [-0.39, 0.29) is 0 Å². The van der Waals surface area contributed by atoms with E-state index in [4.69, 9.17) is 4.74 Å². The molecule has 0 heterocycles. The van der Waals surface area contributed by atoms with Crippen molar-refractivity contribution in [3.05, 3.63) is 206 Å². The van der Waals surface area contributed by atoms with Gasteiger partial charge in [0.25, 0.3) is 0 Å². The molecule has 0 N–H and O–H groups in total. The molecule has 3 heteroatoms. The van der Waals surface area contributed by atoms with Crippen LogP contribution in [0.2, 0.25) is 0 Å². The van der Waals surface area contributed by atoms with E-state index in [0.717, 1.165) is 40.5 Å². The van der Waals surface area contributed by atoms with Crippen LogP contribution in [-0.2, 0) is 11.2 Å². The standard InChI is InChI=1S/C49H40N2O/c1-2-35-52-36-34-40-28-33-49(47-22-12-11-20-45(40)47)51(42-18-7-4-8-19-42)44-31-26-38(27-32-44)37-24-29-43(30-25-37)50(41-16-5-3-6-17-41)48-23-13-15-39-14-9-10-21-46(39)48/h2-33H,1,34-36H2. The number of para-hydroxylation sites is 2. The van der Waals surface area contributed by atoms with Crippen molar-refractivity contribution in [3.63, 3.8) is 0 Å². The molecular weight excluding hydrogens is 633 g/mol. The molecule has 0 unspecified atom stereocenters. The van der Waals surface area contributed by atoms with Crippen molar-refractivity contribution in [2.45, 2.75) is 6.42 Å². The van der Waals surface area contributed by atoms with E-state index < -0.39 is 0 Å². The molecule has 0 saturated heterocycles. The molecule has 8 aromatic carbocycles. The SMILES string of the molecule is C=CCOCCc1ccc(N(c2ccccc2)c2ccc(-c3ccc(N(c4ccccc4)c4cccc5ccccc45)cc3)cc2)c2ccccc12. The molecule has 52 heavy (non-hydrogen) atoms. The molecular formula is C49H40N2O. The van der Waals surface area contributed by atoms with E-state index in [0.29, 0.717) is 13.2 Å². The summed E-state index contributed by atoms with van der Waals surface area (Å²) >= 11 is 0. The van der Waals surface area contributed by atoms with E-state index in [1.807, 2.05) is 0 Å². The number of ether oxygens (including phenoxy) is 1. The zero-order chi connectivity index (χ0) is 35.1. The highest BCUT2D eigenvalue weighted by atomic mass is 16.5. The summed E-state index contributed by atoms with van der Waals surface area (Å²) in [6.45, 7) is 5.00. The van der Waals surface area contributed by atoms with Gasteiger partial charge in [0, 0.05) is 33.5 Å². The van der Waals surface area contributed by atoms with Crippen molar-refractivity contribution in [2.75, 3.05) is 23.0 Å². The number of hydrogen-bond acceptors (Lipinski definition) is 3.